The monoisotopic (exact) mass is 288 g/mol. The summed E-state index contributed by atoms with van der Waals surface area (Å²) in [5.41, 5.74) is 2.25. The lowest BCUT2D eigenvalue weighted by Gasteiger charge is -2.44. The van der Waals surface area contributed by atoms with E-state index in [0.29, 0.717) is 5.69 Å². The second-order valence-electron chi connectivity index (χ2n) is 5.60. The lowest BCUT2D eigenvalue weighted by atomic mass is 9.90. The second kappa shape index (κ2) is 4.21. The Hall–Kier alpha value is -2.57. The Labute approximate surface area is 121 Å². The molecule has 0 bridgehead atoms. The van der Waals surface area contributed by atoms with E-state index in [1.165, 1.54) is 0 Å². The maximum Gasteiger partial charge on any atom is 0.328 e. The van der Waals surface area contributed by atoms with Gasteiger partial charge in [0.25, 0.3) is 11.8 Å². The van der Waals surface area contributed by atoms with Crippen molar-refractivity contribution in [3.63, 3.8) is 0 Å². The van der Waals surface area contributed by atoms with Gasteiger partial charge in [0.2, 0.25) is 5.54 Å². The van der Waals surface area contributed by atoms with Crippen LogP contribution in [0, 0.1) is 13.8 Å². The highest BCUT2D eigenvalue weighted by Gasteiger charge is 2.53. The van der Waals surface area contributed by atoms with Crippen molar-refractivity contribution in [2.75, 3.05) is 23.8 Å². The maximum absolute atomic E-state index is 12.2. The number of carbonyl (C=O) groups excluding carboxylic acids is 3. The van der Waals surface area contributed by atoms with Gasteiger partial charge in [-0.2, -0.15) is 0 Å². The minimum absolute atomic E-state index is 0.148. The van der Waals surface area contributed by atoms with Gasteiger partial charge in [0, 0.05) is 7.05 Å². The first kappa shape index (κ1) is 13.4. The molecule has 0 saturated carbocycles. The van der Waals surface area contributed by atoms with Crippen molar-refractivity contribution in [1.29, 1.82) is 0 Å². The summed E-state index contributed by atoms with van der Waals surface area (Å²) in [4.78, 5) is 37.6. The van der Waals surface area contributed by atoms with Crippen LogP contribution in [0.5, 0.6) is 0 Å². The van der Waals surface area contributed by atoms with Crippen LogP contribution >= 0.6 is 0 Å². The minimum Gasteiger partial charge on any atom is -0.369 e. The van der Waals surface area contributed by atoms with E-state index < -0.39 is 23.4 Å². The van der Waals surface area contributed by atoms with E-state index in [9.17, 15) is 14.4 Å². The zero-order valence-corrected chi connectivity index (χ0v) is 12.0. The SMILES string of the molecule is Cc1cc(C)c2c(c1)NC1(CN2C)C(=O)NC(=O)NC1=O. The van der Waals surface area contributed by atoms with E-state index in [-0.39, 0.29) is 6.54 Å². The van der Waals surface area contributed by atoms with Gasteiger partial charge in [-0.3, -0.25) is 20.2 Å². The van der Waals surface area contributed by atoms with Crippen LogP contribution in [-0.4, -0.2) is 37.0 Å². The smallest absolute Gasteiger partial charge is 0.328 e. The summed E-state index contributed by atoms with van der Waals surface area (Å²) in [5, 5.41) is 7.33. The molecule has 1 saturated heterocycles. The van der Waals surface area contributed by atoms with Crippen molar-refractivity contribution < 1.29 is 14.4 Å². The molecular formula is C14H16N4O3. The molecule has 0 aromatic heterocycles. The molecule has 4 amide bonds. The number of amides is 4. The number of benzene rings is 1. The number of likely N-dealkylation sites (N-methyl/N-ethyl adjacent to an activating group) is 1. The molecular weight excluding hydrogens is 272 g/mol. The van der Waals surface area contributed by atoms with Crippen LogP contribution in [0.2, 0.25) is 0 Å². The number of nitrogens with zero attached hydrogens (tertiary/aromatic N) is 1. The van der Waals surface area contributed by atoms with Crippen LogP contribution in [0.4, 0.5) is 16.2 Å². The Morgan fingerprint density at radius 2 is 1.71 bits per heavy atom. The summed E-state index contributed by atoms with van der Waals surface area (Å²) >= 11 is 0. The lowest BCUT2D eigenvalue weighted by Crippen LogP contribution is -2.74. The molecule has 7 heteroatoms. The average molecular weight is 288 g/mol. The molecule has 1 aromatic carbocycles. The molecule has 21 heavy (non-hydrogen) atoms. The first-order valence-corrected chi connectivity index (χ1v) is 6.61. The van der Waals surface area contributed by atoms with E-state index in [4.69, 9.17) is 0 Å². The second-order valence-corrected chi connectivity index (χ2v) is 5.60. The number of nitrogens with one attached hydrogen (secondary N) is 3. The van der Waals surface area contributed by atoms with Crippen molar-refractivity contribution in [2.24, 2.45) is 0 Å². The highest BCUT2D eigenvalue weighted by molar-refractivity contribution is 6.25. The first-order chi connectivity index (χ1) is 9.83. The number of hydrogen-bond acceptors (Lipinski definition) is 5. The third-order valence-electron chi connectivity index (χ3n) is 3.88. The van der Waals surface area contributed by atoms with Gasteiger partial charge in [-0.15, -0.1) is 0 Å². The van der Waals surface area contributed by atoms with Gasteiger partial charge in [-0.1, -0.05) is 6.07 Å². The molecule has 0 atom stereocenters. The zero-order chi connectivity index (χ0) is 15.4. The molecule has 7 nitrogen and oxygen atoms in total. The third kappa shape index (κ3) is 1.84. The van der Waals surface area contributed by atoms with Crippen LogP contribution in [-0.2, 0) is 9.59 Å². The Balaban J connectivity index is 2.11. The number of urea groups is 1. The Bertz CT molecular complexity index is 663. The molecule has 2 aliphatic rings. The number of aryl methyl sites for hydroxylation is 2. The molecule has 2 heterocycles. The first-order valence-electron chi connectivity index (χ1n) is 6.61. The molecule has 0 radical (unpaired) electrons. The van der Waals surface area contributed by atoms with Gasteiger partial charge in [-0.25, -0.2) is 4.79 Å². The van der Waals surface area contributed by atoms with E-state index in [0.717, 1.165) is 16.8 Å². The topological polar surface area (TPSA) is 90.5 Å². The number of barbiturate groups is 1. The van der Waals surface area contributed by atoms with Gasteiger partial charge in [0.15, 0.2) is 0 Å². The minimum atomic E-state index is -1.49. The van der Waals surface area contributed by atoms with Gasteiger partial charge in [0.05, 0.1) is 17.9 Å². The largest absolute Gasteiger partial charge is 0.369 e. The lowest BCUT2D eigenvalue weighted by molar-refractivity contribution is -0.136. The average Bonchev–Trinajstić information content (AvgIpc) is 2.34. The van der Waals surface area contributed by atoms with Crippen molar-refractivity contribution >= 4 is 29.2 Å². The fourth-order valence-electron chi connectivity index (χ4n) is 3.08. The molecule has 1 aromatic rings. The predicted octanol–water partition coefficient (Wildman–Crippen LogP) is 0.270. The molecule has 3 N–H and O–H groups in total. The van der Waals surface area contributed by atoms with Crippen molar-refractivity contribution in [3.05, 3.63) is 23.3 Å². The molecule has 0 aliphatic carbocycles. The summed E-state index contributed by atoms with van der Waals surface area (Å²) in [5.74, 6) is -1.26. The Morgan fingerprint density at radius 1 is 1.10 bits per heavy atom. The fourth-order valence-corrected chi connectivity index (χ4v) is 3.08. The molecule has 0 unspecified atom stereocenters. The van der Waals surface area contributed by atoms with Crippen molar-refractivity contribution in [3.8, 4) is 0 Å². The predicted molar refractivity (Wildman–Crippen MR) is 77.2 cm³/mol. The number of rotatable bonds is 0. The molecule has 110 valence electrons. The van der Waals surface area contributed by atoms with Crippen LogP contribution in [0.15, 0.2) is 12.1 Å². The summed E-state index contributed by atoms with van der Waals surface area (Å²) in [6.45, 7) is 4.07. The van der Waals surface area contributed by atoms with Crippen LogP contribution in [0.1, 0.15) is 11.1 Å². The summed E-state index contributed by atoms with van der Waals surface area (Å²) < 4.78 is 0. The summed E-state index contributed by atoms with van der Waals surface area (Å²) in [7, 11) is 1.82. The number of imide groups is 2. The zero-order valence-electron chi connectivity index (χ0n) is 12.0. The Kier molecular flexibility index (Phi) is 2.69. The normalized spacial score (nSPS) is 19.8. The van der Waals surface area contributed by atoms with E-state index in [2.05, 4.69) is 16.0 Å². The maximum atomic E-state index is 12.2. The molecule has 1 fully saturated rings. The van der Waals surface area contributed by atoms with Crippen molar-refractivity contribution in [1.82, 2.24) is 10.6 Å². The number of carbonyl (C=O) groups is 3. The number of fused-ring (bicyclic) bond motifs is 1. The van der Waals surface area contributed by atoms with E-state index >= 15 is 0 Å². The van der Waals surface area contributed by atoms with Crippen molar-refractivity contribution in [2.45, 2.75) is 19.4 Å². The quantitative estimate of drug-likeness (QED) is 0.596. The molecule has 1 spiro atoms. The summed E-state index contributed by atoms with van der Waals surface area (Å²) in [6.07, 6.45) is 0. The van der Waals surface area contributed by atoms with Crippen LogP contribution in [0.3, 0.4) is 0 Å². The van der Waals surface area contributed by atoms with Crippen LogP contribution in [0.25, 0.3) is 0 Å². The summed E-state index contributed by atoms with van der Waals surface area (Å²) in [6, 6.07) is 3.14. The van der Waals surface area contributed by atoms with Gasteiger partial charge < -0.3 is 10.2 Å². The van der Waals surface area contributed by atoms with Gasteiger partial charge in [-0.05, 0) is 31.0 Å². The third-order valence-corrected chi connectivity index (χ3v) is 3.88. The van der Waals surface area contributed by atoms with Crippen LogP contribution < -0.4 is 20.9 Å². The standard InChI is InChI=1S/C14H16N4O3/c1-7-4-8(2)10-9(5-7)17-14(6-18(10)3)11(19)15-13(21)16-12(14)20/h4-5,17H,6H2,1-3H3,(H2,15,16,19,20,21). The van der Waals surface area contributed by atoms with Gasteiger partial charge in [0.1, 0.15) is 0 Å². The molecule has 2 aliphatic heterocycles. The highest BCUT2D eigenvalue weighted by Crippen LogP contribution is 2.38. The van der Waals surface area contributed by atoms with Gasteiger partial charge >= 0.3 is 6.03 Å². The van der Waals surface area contributed by atoms with E-state index in [1.54, 1.807) is 0 Å². The Morgan fingerprint density at radius 3 is 2.33 bits per heavy atom. The number of anilines is 2. The highest BCUT2D eigenvalue weighted by atomic mass is 16.2. The fraction of sp³-hybridized carbons (Fsp3) is 0.357. The number of hydrogen-bond donors (Lipinski definition) is 3. The molecule has 3 rings (SSSR count). The van der Waals surface area contributed by atoms with E-state index in [1.807, 2.05) is 37.9 Å².